The lowest BCUT2D eigenvalue weighted by atomic mass is 10.1. The minimum atomic E-state index is -0.0767. The molecule has 0 fully saturated rings. The van der Waals surface area contributed by atoms with Crippen LogP contribution in [0.5, 0.6) is 0 Å². The van der Waals surface area contributed by atoms with Crippen molar-refractivity contribution < 1.29 is 4.79 Å². The molecule has 0 atom stereocenters. The molecular weight excluding hydrogens is 400 g/mol. The summed E-state index contributed by atoms with van der Waals surface area (Å²) in [4.78, 5) is 12.1. The number of hydrogen-bond donors (Lipinski definition) is 1. The molecule has 0 saturated carbocycles. The molecule has 1 heterocycles. The molecule has 7 heteroatoms. The van der Waals surface area contributed by atoms with E-state index in [9.17, 15) is 4.79 Å². The third kappa shape index (κ3) is 4.49. The first-order valence-electron chi connectivity index (χ1n) is 7.67. The Bertz CT molecular complexity index is 875. The number of carbonyl (C=O) groups is 1. The summed E-state index contributed by atoms with van der Waals surface area (Å²) in [6, 6.07) is 15.6. The Hall–Kier alpha value is -2.12. The number of halogens is 1. The third-order valence-electron chi connectivity index (χ3n) is 3.61. The van der Waals surface area contributed by atoms with Crippen molar-refractivity contribution in [3.05, 3.63) is 58.6 Å². The molecule has 3 aromatic rings. The average molecular weight is 417 g/mol. The van der Waals surface area contributed by atoms with Crippen LogP contribution in [0.4, 0.5) is 5.69 Å². The summed E-state index contributed by atoms with van der Waals surface area (Å²) >= 11 is 4.74. The fourth-order valence-electron chi connectivity index (χ4n) is 2.25. The van der Waals surface area contributed by atoms with Crippen LogP contribution in [0.3, 0.4) is 0 Å². The number of nitrogens with one attached hydrogen (secondary N) is 1. The molecule has 5 nitrogen and oxygen atoms in total. The first-order chi connectivity index (χ1) is 12.0. The summed E-state index contributed by atoms with van der Waals surface area (Å²) in [5, 5.41) is 12.0. The Balaban J connectivity index is 1.62. The maximum atomic E-state index is 12.1. The van der Waals surface area contributed by atoms with Crippen LogP contribution in [-0.2, 0) is 11.8 Å². The summed E-state index contributed by atoms with van der Waals surface area (Å²) in [5.74, 6) is 0.985. The minimum Gasteiger partial charge on any atom is -0.325 e. The Morgan fingerprint density at radius 3 is 2.48 bits per heavy atom. The number of carbonyl (C=O) groups excluding carboxylic acids is 1. The topological polar surface area (TPSA) is 59.8 Å². The molecule has 0 aliphatic carbocycles. The minimum absolute atomic E-state index is 0.0767. The Morgan fingerprint density at radius 1 is 1.12 bits per heavy atom. The van der Waals surface area contributed by atoms with Crippen molar-refractivity contribution in [1.29, 1.82) is 0 Å². The van der Waals surface area contributed by atoms with Crippen molar-refractivity contribution in [3.63, 3.8) is 0 Å². The van der Waals surface area contributed by atoms with Crippen molar-refractivity contribution in [2.75, 3.05) is 11.1 Å². The van der Waals surface area contributed by atoms with Crippen molar-refractivity contribution in [1.82, 2.24) is 14.8 Å². The molecule has 1 aromatic heterocycles. The monoisotopic (exact) mass is 416 g/mol. The highest BCUT2D eigenvalue weighted by molar-refractivity contribution is 9.10. The van der Waals surface area contributed by atoms with Crippen LogP contribution in [0, 0.1) is 6.92 Å². The van der Waals surface area contributed by atoms with Gasteiger partial charge in [0.2, 0.25) is 5.91 Å². The molecule has 0 aliphatic heterocycles. The zero-order chi connectivity index (χ0) is 17.8. The van der Waals surface area contributed by atoms with Gasteiger partial charge in [-0.1, -0.05) is 57.5 Å². The van der Waals surface area contributed by atoms with Crippen LogP contribution in [0.2, 0.25) is 0 Å². The van der Waals surface area contributed by atoms with E-state index < -0.39 is 0 Å². The van der Waals surface area contributed by atoms with Crippen molar-refractivity contribution in [2.45, 2.75) is 12.1 Å². The van der Waals surface area contributed by atoms with E-state index in [-0.39, 0.29) is 11.7 Å². The maximum absolute atomic E-state index is 12.1. The number of amides is 1. The molecule has 2 aromatic carbocycles. The predicted octanol–water partition coefficient (Wildman–Crippen LogP) is 4.28. The lowest BCUT2D eigenvalue weighted by molar-refractivity contribution is -0.113. The van der Waals surface area contributed by atoms with Gasteiger partial charge in [0.25, 0.3) is 0 Å². The molecule has 0 bridgehead atoms. The summed E-state index contributed by atoms with van der Waals surface area (Å²) in [6.45, 7) is 2.05. The first kappa shape index (κ1) is 17.7. The molecule has 0 unspecified atom stereocenters. The number of rotatable bonds is 5. The summed E-state index contributed by atoms with van der Waals surface area (Å²) < 4.78 is 2.88. The van der Waals surface area contributed by atoms with Gasteiger partial charge in [0, 0.05) is 22.8 Å². The van der Waals surface area contributed by atoms with Gasteiger partial charge in [-0.2, -0.15) is 0 Å². The van der Waals surface area contributed by atoms with E-state index >= 15 is 0 Å². The predicted molar refractivity (Wildman–Crippen MR) is 105 cm³/mol. The van der Waals surface area contributed by atoms with Gasteiger partial charge in [-0.15, -0.1) is 10.2 Å². The second-order valence-electron chi connectivity index (χ2n) is 5.57. The summed E-state index contributed by atoms with van der Waals surface area (Å²) in [7, 11) is 1.91. The van der Waals surface area contributed by atoms with Gasteiger partial charge in [0.05, 0.1) is 5.75 Å². The van der Waals surface area contributed by atoms with Gasteiger partial charge in [0.15, 0.2) is 11.0 Å². The molecule has 3 rings (SSSR count). The second-order valence-corrected chi connectivity index (χ2v) is 7.43. The SMILES string of the molecule is Cc1ccc(-c2nnc(SCC(=O)Nc3ccc(Br)cc3)n2C)cc1. The zero-order valence-electron chi connectivity index (χ0n) is 13.9. The van der Waals surface area contributed by atoms with Crippen molar-refractivity contribution in [2.24, 2.45) is 7.05 Å². The molecule has 0 saturated heterocycles. The highest BCUT2D eigenvalue weighted by Crippen LogP contribution is 2.23. The van der Waals surface area contributed by atoms with Gasteiger partial charge in [-0.3, -0.25) is 4.79 Å². The van der Waals surface area contributed by atoms with Crippen LogP contribution in [0.25, 0.3) is 11.4 Å². The fraction of sp³-hybridized carbons (Fsp3) is 0.167. The smallest absolute Gasteiger partial charge is 0.234 e. The molecule has 25 heavy (non-hydrogen) atoms. The molecule has 1 amide bonds. The van der Waals surface area contributed by atoms with Crippen molar-refractivity contribution >= 4 is 39.3 Å². The van der Waals surface area contributed by atoms with Gasteiger partial charge in [-0.25, -0.2) is 0 Å². The normalized spacial score (nSPS) is 10.7. The standard InChI is InChI=1S/C18H17BrN4OS/c1-12-3-5-13(6-4-12)17-21-22-18(23(17)2)25-11-16(24)20-15-9-7-14(19)8-10-15/h3-10H,11H2,1-2H3,(H,20,24). The van der Waals surface area contributed by atoms with E-state index in [1.807, 2.05) is 67.1 Å². The van der Waals surface area contributed by atoms with Gasteiger partial charge in [0.1, 0.15) is 0 Å². The van der Waals surface area contributed by atoms with Crippen LogP contribution in [-0.4, -0.2) is 26.4 Å². The highest BCUT2D eigenvalue weighted by atomic mass is 79.9. The fourth-order valence-corrected chi connectivity index (χ4v) is 3.23. The number of aryl methyl sites for hydroxylation is 1. The lowest BCUT2D eigenvalue weighted by Crippen LogP contribution is -2.14. The molecular formula is C18H17BrN4OS. The van der Waals surface area contributed by atoms with E-state index in [2.05, 4.69) is 31.4 Å². The number of hydrogen-bond acceptors (Lipinski definition) is 4. The van der Waals surface area contributed by atoms with Crippen LogP contribution >= 0.6 is 27.7 Å². The van der Waals surface area contributed by atoms with E-state index in [1.54, 1.807) is 0 Å². The van der Waals surface area contributed by atoms with Gasteiger partial charge >= 0.3 is 0 Å². The Labute approximate surface area is 159 Å². The van der Waals surface area contributed by atoms with Gasteiger partial charge in [-0.05, 0) is 31.2 Å². The summed E-state index contributed by atoms with van der Waals surface area (Å²) in [6.07, 6.45) is 0. The molecule has 1 N–H and O–H groups in total. The number of anilines is 1. The number of nitrogens with zero attached hydrogens (tertiary/aromatic N) is 3. The highest BCUT2D eigenvalue weighted by Gasteiger charge is 2.13. The van der Waals surface area contributed by atoms with E-state index in [4.69, 9.17) is 0 Å². The van der Waals surface area contributed by atoms with Crippen LogP contribution in [0.1, 0.15) is 5.56 Å². The summed E-state index contributed by atoms with van der Waals surface area (Å²) in [5.41, 5.74) is 2.98. The van der Waals surface area contributed by atoms with E-state index in [1.165, 1.54) is 17.3 Å². The number of benzene rings is 2. The second kappa shape index (κ2) is 7.84. The molecule has 0 spiro atoms. The molecule has 0 aliphatic rings. The molecule has 128 valence electrons. The van der Waals surface area contributed by atoms with Crippen molar-refractivity contribution in [3.8, 4) is 11.4 Å². The number of aromatic nitrogens is 3. The molecule has 0 radical (unpaired) electrons. The Kier molecular flexibility index (Phi) is 5.55. The van der Waals surface area contributed by atoms with E-state index in [0.717, 1.165) is 21.5 Å². The average Bonchev–Trinajstić information content (AvgIpc) is 2.97. The Morgan fingerprint density at radius 2 is 1.80 bits per heavy atom. The lowest BCUT2D eigenvalue weighted by Gasteiger charge is -2.06. The largest absolute Gasteiger partial charge is 0.325 e. The number of thioether (sulfide) groups is 1. The van der Waals surface area contributed by atoms with Crippen LogP contribution < -0.4 is 5.32 Å². The maximum Gasteiger partial charge on any atom is 0.234 e. The third-order valence-corrected chi connectivity index (χ3v) is 5.15. The quantitative estimate of drug-likeness (QED) is 0.630. The van der Waals surface area contributed by atoms with Crippen LogP contribution in [0.15, 0.2) is 58.2 Å². The van der Waals surface area contributed by atoms with E-state index in [0.29, 0.717) is 5.16 Å². The zero-order valence-corrected chi connectivity index (χ0v) is 16.3. The van der Waals surface area contributed by atoms with Gasteiger partial charge < -0.3 is 9.88 Å². The first-order valence-corrected chi connectivity index (χ1v) is 9.45.